The molecular formula is C15H17NO3S. The summed E-state index contributed by atoms with van der Waals surface area (Å²) >= 11 is 0. The standard InChI is InChI=1S/C15H17NO3S/c1-2-16(20(17,18)19)12-13-8-10-15(11-9-13)14-6-4-3-5-7-14/h3-11H,2,12H2,1H3,(H,17,18,19). The molecule has 4 nitrogen and oxygen atoms in total. The van der Waals surface area contributed by atoms with Crippen LogP contribution in [0.15, 0.2) is 54.6 Å². The minimum Gasteiger partial charge on any atom is -0.273 e. The summed E-state index contributed by atoms with van der Waals surface area (Å²) in [6.07, 6.45) is 0. The van der Waals surface area contributed by atoms with Gasteiger partial charge in [0, 0.05) is 13.1 Å². The molecule has 20 heavy (non-hydrogen) atoms. The molecule has 0 saturated heterocycles. The van der Waals surface area contributed by atoms with Gasteiger partial charge in [-0.1, -0.05) is 61.5 Å². The van der Waals surface area contributed by atoms with Crippen LogP contribution in [0.2, 0.25) is 0 Å². The van der Waals surface area contributed by atoms with E-state index in [1.54, 1.807) is 6.92 Å². The van der Waals surface area contributed by atoms with Crippen LogP contribution in [0.4, 0.5) is 0 Å². The van der Waals surface area contributed by atoms with Gasteiger partial charge in [-0.3, -0.25) is 4.55 Å². The van der Waals surface area contributed by atoms with E-state index in [-0.39, 0.29) is 13.1 Å². The van der Waals surface area contributed by atoms with E-state index in [4.69, 9.17) is 4.55 Å². The first-order chi connectivity index (χ1) is 9.50. The summed E-state index contributed by atoms with van der Waals surface area (Å²) in [6.45, 7) is 2.09. The summed E-state index contributed by atoms with van der Waals surface area (Å²) < 4.78 is 32.4. The monoisotopic (exact) mass is 291 g/mol. The third-order valence-corrected chi connectivity index (χ3v) is 4.14. The van der Waals surface area contributed by atoms with E-state index in [0.29, 0.717) is 0 Å². The first-order valence-electron chi connectivity index (χ1n) is 6.37. The van der Waals surface area contributed by atoms with E-state index < -0.39 is 10.3 Å². The SMILES string of the molecule is CCN(Cc1ccc(-c2ccccc2)cc1)S(=O)(=O)O. The van der Waals surface area contributed by atoms with Crippen molar-refractivity contribution in [3.05, 3.63) is 60.2 Å². The maximum atomic E-state index is 11.1. The van der Waals surface area contributed by atoms with Crippen LogP contribution in [0.3, 0.4) is 0 Å². The molecule has 0 aliphatic rings. The van der Waals surface area contributed by atoms with Gasteiger partial charge < -0.3 is 0 Å². The van der Waals surface area contributed by atoms with Crippen molar-refractivity contribution in [2.24, 2.45) is 0 Å². The van der Waals surface area contributed by atoms with E-state index in [0.717, 1.165) is 21.0 Å². The fourth-order valence-corrected chi connectivity index (χ4v) is 2.63. The normalized spacial score (nSPS) is 11.8. The quantitative estimate of drug-likeness (QED) is 0.862. The highest BCUT2D eigenvalue weighted by Crippen LogP contribution is 2.20. The van der Waals surface area contributed by atoms with Crippen molar-refractivity contribution >= 4 is 10.3 Å². The zero-order chi connectivity index (χ0) is 14.6. The second kappa shape index (κ2) is 6.17. The van der Waals surface area contributed by atoms with Gasteiger partial charge in [-0.15, -0.1) is 0 Å². The summed E-state index contributed by atoms with van der Waals surface area (Å²) in [5.74, 6) is 0. The summed E-state index contributed by atoms with van der Waals surface area (Å²) in [6, 6.07) is 17.6. The zero-order valence-corrected chi connectivity index (χ0v) is 12.0. The van der Waals surface area contributed by atoms with E-state index in [1.807, 2.05) is 54.6 Å². The van der Waals surface area contributed by atoms with Crippen LogP contribution in [-0.4, -0.2) is 23.8 Å². The smallest absolute Gasteiger partial charge is 0.273 e. The highest BCUT2D eigenvalue weighted by atomic mass is 32.2. The van der Waals surface area contributed by atoms with Crippen LogP contribution >= 0.6 is 0 Å². The van der Waals surface area contributed by atoms with Gasteiger partial charge in [0.1, 0.15) is 0 Å². The van der Waals surface area contributed by atoms with E-state index in [9.17, 15) is 8.42 Å². The second-order valence-corrected chi connectivity index (χ2v) is 5.88. The van der Waals surface area contributed by atoms with Crippen molar-refractivity contribution in [2.75, 3.05) is 6.54 Å². The van der Waals surface area contributed by atoms with Gasteiger partial charge in [0.15, 0.2) is 0 Å². The van der Waals surface area contributed by atoms with Crippen molar-refractivity contribution in [2.45, 2.75) is 13.5 Å². The van der Waals surface area contributed by atoms with Crippen molar-refractivity contribution in [3.63, 3.8) is 0 Å². The average Bonchev–Trinajstić information content (AvgIpc) is 2.45. The van der Waals surface area contributed by atoms with Gasteiger partial charge in [0.25, 0.3) is 0 Å². The molecule has 0 radical (unpaired) electrons. The Labute approximate surface area is 119 Å². The third kappa shape index (κ3) is 3.66. The first kappa shape index (κ1) is 14.7. The molecule has 0 amide bonds. The summed E-state index contributed by atoms with van der Waals surface area (Å²) in [7, 11) is -4.14. The lowest BCUT2D eigenvalue weighted by Gasteiger charge is -2.16. The third-order valence-electron chi connectivity index (χ3n) is 3.10. The Morgan fingerprint density at radius 2 is 1.50 bits per heavy atom. The maximum Gasteiger partial charge on any atom is 0.336 e. The average molecular weight is 291 g/mol. The van der Waals surface area contributed by atoms with E-state index in [2.05, 4.69) is 0 Å². The predicted molar refractivity (Wildman–Crippen MR) is 79.5 cm³/mol. The molecule has 2 rings (SSSR count). The Hall–Kier alpha value is -1.69. The van der Waals surface area contributed by atoms with Crippen LogP contribution in [0, 0.1) is 0 Å². The molecule has 0 atom stereocenters. The summed E-state index contributed by atoms with van der Waals surface area (Å²) in [4.78, 5) is 0. The highest BCUT2D eigenvalue weighted by molar-refractivity contribution is 7.83. The molecule has 0 aliphatic heterocycles. The fraction of sp³-hybridized carbons (Fsp3) is 0.200. The molecule has 2 aromatic rings. The topological polar surface area (TPSA) is 57.6 Å². The molecule has 5 heteroatoms. The zero-order valence-electron chi connectivity index (χ0n) is 11.2. The summed E-state index contributed by atoms with van der Waals surface area (Å²) in [5.41, 5.74) is 3.02. The minimum absolute atomic E-state index is 0.171. The molecule has 1 N–H and O–H groups in total. The lowest BCUT2D eigenvalue weighted by Crippen LogP contribution is -2.29. The first-order valence-corrected chi connectivity index (χ1v) is 7.77. The maximum absolute atomic E-state index is 11.1. The summed E-state index contributed by atoms with van der Waals surface area (Å²) in [5, 5.41) is 0. The van der Waals surface area contributed by atoms with Gasteiger partial charge >= 0.3 is 10.3 Å². The Morgan fingerprint density at radius 3 is 2.00 bits per heavy atom. The number of benzene rings is 2. The molecule has 0 bridgehead atoms. The molecule has 0 heterocycles. The molecule has 0 spiro atoms. The van der Waals surface area contributed by atoms with Gasteiger partial charge in [0.05, 0.1) is 0 Å². The Morgan fingerprint density at radius 1 is 0.950 bits per heavy atom. The van der Waals surface area contributed by atoms with Crippen LogP contribution in [0.5, 0.6) is 0 Å². The van der Waals surface area contributed by atoms with E-state index >= 15 is 0 Å². The van der Waals surface area contributed by atoms with Crippen molar-refractivity contribution in [3.8, 4) is 11.1 Å². The van der Waals surface area contributed by atoms with E-state index in [1.165, 1.54) is 0 Å². The number of nitrogens with zero attached hydrogens (tertiary/aromatic N) is 1. The molecule has 0 aliphatic carbocycles. The Kier molecular flexibility index (Phi) is 4.54. The van der Waals surface area contributed by atoms with Crippen molar-refractivity contribution in [1.82, 2.24) is 4.31 Å². The van der Waals surface area contributed by atoms with Crippen LogP contribution in [0.25, 0.3) is 11.1 Å². The Bertz CT molecular complexity index is 651. The van der Waals surface area contributed by atoms with Crippen molar-refractivity contribution < 1.29 is 13.0 Å². The van der Waals surface area contributed by atoms with Crippen LogP contribution < -0.4 is 0 Å². The molecule has 0 unspecified atom stereocenters. The lowest BCUT2D eigenvalue weighted by molar-refractivity contribution is 0.356. The van der Waals surface area contributed by atoms with Gasteiger partial charge in [0.2, 0.25) is 0 Å². The molecule has 2 aromatic carbocycles. The van der Waals surface area contributed by atoms with Crippen molar-refractivity contribution in [1.29, 1.82) is 0 Å². The largest absolute Gasteiger partial charge is 0.336 e. The molecule has 106 valence electrons. The predicted octanol–water partition coefficient (Wildman–Crippen LogP) is 2.98. The number of hydrogen-bond donors (Lipinski definition) is 1. The van der Waals surface area contributed by atoms with Gasteiger partial charge in [-0.05, 0) is 16.7 Å². The van der Waals surface area contributed by atoms with Gasteiger partial charge in [-0.2, -0.15) is 12.7 Å². The number of hydrogen-bond acceptors (Lipinski definition) is 2. The van der Waals surface area contributed by atoms with Crippen LogP contribution in [0.1, 0.15) is 12.5 Å². The fourth-order valence-electron chi connectivity index (χ4n) is 1.99. The van der Waals surface area contributed by atoms with Gasteiger partial charge in [-0.25, -0.2) is 0 Å². The molecular weight excluding hydrogens is 274 g/mol. The minimum atomic E-state index is -4.14. The molecule has 0 aromatic heterocycles. The lowest BCUT2D eigenvalue weighted by atomic mass is 10.0. The highest BCUT2D eigenvalue weighted by Gasteiger charge is 2.16. The number of rotatable bonds is 5. The molecule has 0 saturated carbocycles. The van der Waals surface area contributed by atoms with Crippen LogP contribution in [-0.2, 0) is 16.8 Å². The second-order valence-electron chi connectivity index (χ2n) is 4.47. The Balaban J connectivity index is 2.17. The molecule has 0 fully saturated rings.